The normalized spacial score (nSPS) is 17.3. The highest BCUT2D eigenvalue weighted by Gasteiger charge is 2.41. The predicted octanol–water partition coefficient (Wildman–Crippen LogP) is 1.06. The number of aliphatic imine (C=N–C) groups is 3. The van der Waals surface area contributed by atoms with Crippen molar-refractivity contribution < 1.29 is 87.2 Å². The van der Waals surface area contributed by atoms with Crippen LogP contribution in [-0.4, -0.2) is 234 Å². The number of benzene rings is 6. The fraction of sp³-hybridized carbons (Fsp3) is 0.413. The summed E-state index contributed by atoms with van der Waals surface area (Å²) in [4.78, 5) is 204. The van der Waals surface area contributed by atoms with Crippen molar-refractivity contribution in [3.05, 3.63) is 215 Å². The molecule has 24 N–H and O–H groups in total. The number of urea groups is 3. The SMILES string of the molecule is CC(C)C[C@H](NC(=O)[C@@H](NC(=O)N[C@@H](Cc1ccccc1)C(=O)O)[C@@H]1CCN=C(N)N1)C(=O)N[C@H](C=O)Cc1ccccc1.CC(C)[C@H](NC(=O)[C@@H](NC(=O)N[C@@H](Cc1ccccc1)C(=O)O)[C@@H]1CCN=C(N)N1)C(=O)N[C@H](C=O)Cc1ccccc1.CCC(C)[C@H](NC(=O)[C@@H](NC(=O)N[C@@H](Cc1ccccc1)C(=O)O)[C@@H]1CCN=C(N)N1)C(=O)N[C@H](C=O)Cc1ccccc1. The Morgan fingerprint density at radius 2 is 0.603 bits per heavy atom. The summed E-state index contributed by atoms with van der Waals surface area (Å²) in [6.07, 6.45) is 4.63. The minimum Gasteiger partial charge on any atom is -0.480 e. The maximum absolute atomic E-state index is 13.7. The van der Waals surface area contributed by atoms with Crippen LogP contribution in [0.15, 0.2) is 197 Å². The van der Waals surface area contributed by atoms with E-state index in [1.54, 1.807) is 112 Å². The molecule has 0 spiro atoms. The van der Waals surface area contributed by atoms with Crippen molar-refractivity contribution in [1.82, 2.24) is 79.8 Å². The zero-order chi connectivity index (χ0) is 95.5. The molecule has 1 unspecified atom stereocenters. The zero-order valence-electron chi connectivity index (χ0n) is 73.9. The van der Waals surface area contributed by atoms with Crippen LogP contribution >= 0.6 is 0 Å². The lowest BCUT2D eigenvalue weighted by molar-refractivity contribution is -0.140. The molecule has 0 aromatic heterocycles. The highest BCUT2D eigenvalue weighted by molar-refractivity contribution is 5.98. The third kappa shape index (κ3) is 35.7. The number of hydrogen-bond donors (Lipinski definition) is 21. The van der Waals surface area contributed by atoms with Crippen molar-refractivity contribution in [2.24, 2.45) is 49.9 Å². The standard InChI is InChI=1S/2C31H41N7O6.C30H39N7O6/c1-19(2)15-24(27(40)34-22(18-39)16-20-9-5-3-6-10-20)35-28(41)26(23-13-14-33-30(32)36-23)38-31(44)37-25(29(42)43)17-21-11-7-4-8-12-21;1-3-19(2)25(27(40)34-22(18-39)16-20-10-6-4-7-11-20)37-28(41)26(23-14-15-33-30(32)35-23)38-31(44)36-24(29(42)43)17-21-12-8-5-9-13-21;1-18(2)24(26(39)33-21(17-38)15-19-9-5-3-6-10-19)36-27(40)25(22-13-14-32-29(31)34-22)37-30(43)35-23(28(41)42)16-20-11-7-4-8-12-20/h3-12,18-19,22-26H,13-17H2,1-2H3,(H,34,40)(H,35,41)(H,42,43)(H3,32,33,36)(H2,37,38,44);4-13,18-19,22-26H,3,14-17H2,1-2H3,(H,34,40)(H,37,41)(H,42,43)(H3,32,33,35)(H2,36,38,44);3-12,17-18,21-25H,13-16H2,1-2H3,(H,33,39)(H,36,40)(H,41,42)(H3,31,32,34)(H2,35,37,43)/t22-,23-,24-,25-,26-;19?,22-,23-,24-,25-,26-;21-,22-,23-,24-,25-/m000/s1. The van der Waals surface area contributed by atoms with Crippen LogP contribution in [0.3, 0.4) is 0 Å². The summed E-state index contributed by atoms with van der Waals surface area (Å²) >= 11 is 0. The molecule has 0 saturated heterocycles. The Morgan fingerprint density at radius 1 is 0.344 bits per heavy atom. The lowest BCUT2D eigenvalue weighted by Crippen LogP contribution is -2.65. The van der Waals surface area contributed by atoms with Gasteiger partial charge in [-0.2, -0.15) is 0 Å². The van der Waals surface area contributed by atoms with E-state index in [0.29, 0.717) is 67.8 Å². The van der Waals surface area contributed by atoms with Gasteiger partial charge in [-0.3, -0.25) is 43.7 Å². The number of carboxylic acid groups (broad SMARTS) is 3. The van der Waals surface area contributed by atoms with Gasteiger partial charge in [0.15, 0.2) is 17.9 Å². The number of aliphatic carboxylic acids is 3. The molecule has 39 heteroatoms. The van der Waals surface area contributed by atoms with Gasteiger partial charge in [-0.05, 0) is 96.1 Å². The molecule has 39 nitrogen and oxygen atoms in total. The quantitative estimate of drug-likeness (QED) is 0.0238. The molecule has 0 aliphatic carbocycles. The van der Waals surface area contributed by atoms with Gasteiger partial charge in [0, 0.05) is 38.9 Å². The Hall–Kier alpha value is -14.8. The number of carbonyl (C=O) groups is 15. The molecule has 6 aromatic rings. The molecular weight excluding hydrogens is 1690 g/mol. The Bertz CT molecular complexity index is 4850. The van der Waals surface area contributed by atoms with Gasteiger partial charge in [-0.1, -0.05) is 230 Å². The minimum atomic E-state index is -1.27. The molecule has 3 aliphatic rings. The number of aldehydes is 3. The van der Waals surface area contributed by atoms with Crippen molar-refractivity contribution in [2.45, 2.75) is 203 Å². The first-order valence-electron chi connectivity index (χ1n) is 43.2. The van der Waals surface area contributed by atoms with Crippen LogP contribution in [0.2, 0.25) is 0 Å². The smallest absolute Gasteiger partial charge is 0.326 e. The van der Waals surface area contributed by atoms with E-state index in [1.807, 2.05) is 112 Å². The van der Waals surface area contributed by atoms with Gasteiger partial charge < -0.3 is 127 Å². The summed E-state index contributed by atoms with van der Waals surface area (Å²) in [6, 6.07) is 36.2. The van der Waals surface area contributed by atoms with Crippen LogP contribution in [0, 0.1) is 17.8 Å². The molecular formula is C92H121N21O18. The van der Waals surface area contributed by atoms with Gasteiger partial charge in [0.1, 0.15) is 73.2 Å². The van der Waals surface area contributed by atoms with Crippen LogP contribution in [-0.2, 0) is 96.1 Å². The van der Waals surface area contributed by atoms with E-state index in [4.69, 9.17) is 17.2 Å². The van der Waals surface area contributed by atoms with E-state index in [-0.39, 0.29) is 93.7 Å². The fourth-order valence-electron chi connectivity index (χ4n) is 14.4. The first kappa shape index (κ1) is 103. The zero-order valence-corrected chi connectivity index (χ0v) is 73.9. The number of carbonyl (C=O) groups excluding carboxylic acids is 12. The predicted molar refractivity (Wildman–Crippen MR) is 489 cm³/mol. The van der Waals surface area contributed by atoms with Crippen molar-refractivity contribution in [2.75, 3.05) is 19.6 Å². The Morgan fingerprint density at radius 3 is 0.855 bits per heavy atom. The molecule has 16 atom stereocenters. The number of guanidine groups is 3. The van der Waals surface area contributed by atoms with Crippen LogP contribution in [0.4, 0.5) is 14.4 Å². The van der Waals surface area contributed by atoms with Crippen LogP contribution in [0.5, 0.6) is 0 Å². The summed E-state index contributed by atoms with van der Waals surface area (Å²) in [7, 11) is 0. The Labute approximate surface area is 759 Å². The van der Waals surface area contributed by atoms with Gasteiger partial charge in [-0.25, -0.2) is 28.8 Å². The van der Waals surface area contributed by atoms with Crippen molar-refractivity contribution in [3.8, 4) is 0 Å². The molecule has 6 aromatic carbocycles. The molecule has 0 fully saturated rings. The van der Waals surface area contributed by atoms with E-state index >= 15 is 0 Å². The number of rotatable bonds is 44. The number of nitrogens with two attached hydrogens (primary N) is 3. The van der Waals surface area contributed by atoms with Crippen molar-refractivity contribution >= 4 is 108 Å². The molecule has 0 radical (unpaired) electrons. The van der Waals surface area contributed by atoms with E-state index < -0.39 is 162 Å². The number of carboxylic acids is 3. The van der Waals surface area contributed by atoms with Gasteiger partial charge in [-0.15, -0.1) is 0 Å². The monoisotopic (exact) mass is 1810 g/mol. The van der Waals surface area contributed by atoms with Crippen molar-refractivity contribution in [3.63, 3.8) is 0 Å². The largest absolute Gasteiger partial charge is 0.480 e. The number of nitrogens with one attached hydrogen (secondary N) is 15. The lowest BCUT2D eigenvalue weighted by atomic mass is 9.96. The Balaban J connectivity index is 0.000000269. The van der Waals surface area contributed by atoms with Crippen LogP contribution < -0.4 is 97.0 Å². The van der Waals surface area contributed by atoms with Crippen LogP contribution in [0.1, 0.15) is 107 Å². The summed E-state index contributed by atoms with van der Waals surface area (Å²) < 4.78 is 0. The summed E-state index contributed by atoms with van der Waals surface area (Å²) in [5.41, 5.74) is 22.2. The third-order valence-electron chi connectivity index (χ3n) is 21.5. The molecule has 0 bridgehead atoms. The number of amides is 12. The third-order valence-corrected chi connectivity index (χ3v) is 21.5. The maximum Gasteiger partial charge on any atom is 0.326 e. The number of hydrogen-bond acceptors (Lipinski definition) is 24. The average molecular weight is 1810 g/mol. The lowest BCUT2D eigenvalue weighted by Gasteiger charge is -2.33. The second-order valence-electron chi connectivity index (χ2n) is 32.6. The molecule has 131 heavy (non-hydrogen) atoms. The fourth-order valence-corrected chi connectivity index (χ4v) is 14.4. The number of nitrogens with zero attached hydrogens (tertiary/aromatic N) is 3. The maximum atomic E-state index is 13.7. The van der Waals surface area contributed by atoms with E-state index in [1.165, 1.54) is 0 Å². The highest BCUT2D eigenvalue weighted by Crippen LogP contribution is 2.18. The minimum absolute atomic E-state index is 0.00513. The summed E-state index contributed by atoms with van der Waals surface area (Å²) in [6.45, 7) is 11.8. The summed E-state index contributed by atoms with van der Waals surface area (Å²) in [5.74, 6) is -7.93. The average Bonchev–Trinajstić information content (AvgIpc) is 0.833. The first-order chi connectivity index (χ1) is 62.7. The van der Waals surface area contributed by atoms with Crippen LogP contribution in [0.25, 0.3) is 0 Å². The topological polar surface area (TPSA) is 612 Å². The Kier molecular flexibility index (Phi) is 42.3. The van der Waals surface area contributed by atoms with Crippen molar-refractivity contribution in [1.29, 1.82) is 0 Å². The van der Waals surface area contributed by atoms with E-state index in [0.717, 1.165) is 16.7 Å². The second kappa shape index (κ2) is 53.7. The molecule has 3 heterocycles. The van der Waals surface area contributed by atoms with Gasteiger partial charge >= 0.3 is 36.0 Å². The first-order valence-corrected chi connectivity index (χ1v) is 43.2. The molecule has 3 aliphatic heterocycles. The second-order valence-corrected chi connectivity index (χ2v) is 32.6. The van der Waals surface area contributed by atoms with Gasteiger partial charge in [0.05, 0.1) is 36.3 Å². The van der Waals surface area contributed by atoms with Gasteiger partial charge in [0.25, 0.3) is 0 Å². The molecule has 702 valence electrons. The van der Waals surface area contributed by atoms with E-state index in [9.17, 15) is 87.2 Å². The van der Waals surface area contributed by atoms with E-state index in [2.05, 4.69) is 94.7 Å². The highest BCUT2D eigenvalue weighted by atomic mass is 16.4. The molecule has 12 amide bonds. The summed E-state index contributed by atoms with van der Waals surface area (Å²) in [5, 5.41) is 69.1. The molecule has 0 saturated carbocycles. The molecule has 9 rings (SSSR count). The van der Waals surface area contributed by atoms with Gasteiger partial charge in [0.2, 0.25) is 35.4 Å².